The van der Waals surface area contributed by atoms with E-state index in [1.54, 1.807) is 25.6 Å². The molecule has 0 fully saturated rings. The van der Waals surface area contributed by atoms with Crippen LogP contribution in [0.4, 0.5) is 0 Å². The predicted molar refractivity (Wildman–Crippen MR) is 52.7 cm³/mol. The minimum Gasteiger partial charge on any atom is -0.336 e. The van der Waals surface area contributed by atoms with Crippen LogP contribution in [0.3, 0.4) is 0 Å². The van der Waals surface area contributed by atoms with E-state index in [4.69, 9.17) is 0 Å². The third-order valence-corrected chi connectivity index (χ3v) is 2.33. The summed E-state index contributed by atoms with van der Waals surface area (Å²) >= 11 is 0. The summed E-state index contributed by atoms with van der Waals surface area (Å²) in [6.45, 7) is 2.62. The molecule has 1 aromatic rings. The molecule has 1 aliphatic rings. The van der Waals surface area contributed by atoms with Crippen molar-refractivity contribution >= 4 is 11.8 Å². The van der Waals surface area contributed by atoms with Gasteiger partial charge in [-0.2, -0.15) is 0 Å². The Labute approximate surface area is 87.0 Å². The van der Waals surface area contributed by atoms with Gasteiger partial charge in [-0.15, -0.1) is 0 Å². The first kappa shape index (κ1) is 9.64. The van der Waals surface area contributed by atoms with E-state index in [-0.39, 0.29) is 11.8 Å². The number of carbonyl (C=O) groups is 2. The van der Waals surface area contributed by atoms with E-state index in [9.17, 15) is 9.59 Å². The number of carbonyl (C=O) groups excluding carboxylic acids is 2. The number of hydrogen-bond donors (Lipinski definition) is 0. The standard InChI is InChI=1S/C10H11N3O2/c1-8-6-9(14)13(10(8)15)5-4-12-3-2-11-7-12/h2-3,6-7H,4-5H2,1H3. The van der Waals surface area contributed by atoms with Crippen LogP contribution >= 0.6 is 0 Å². The molecule has 1 aromatic heterocycles. The molecule has 0 atom stereocenters. The topological polar surface area (TPSA) is 55.2 Å². The molecule has 2 rings (SSSR count). The molecule has 0 saturated carbocycles. The number of hydrogen-bond acceptors (Lipinski definition) is 3. The first-order valence-corrected chi connectivity index (χ1v) is 4.68. The summed E-state index contributed by atoms with van der Waals surface area (Å²) in [6.07, 6.45) is 6.49. The van der Waals surface area contributed by atoms with Gasteiger partial charge in [0.25, 0.3) is 11.8 Å². The molecule has 0 bridgehead atoms. The lowest BCUT2D eigenvalue weighted by atomic mass is 10.3. The van der Waals surface area contributed by atoms with Crippen molar-refractivity contribution in [3.8, 4) is 0 Å². The van der Waals surface area contributed by atoms with Gasteiger partial charge in [0.1, 0.15) is 0 Å². The summed E-state index contributed by atoms with van der Waals surface area (Å²) in [7, 11) is 0. The summed E-state index contributed by atoms with van der Waals surface area (Å²) in [5, 5.41) is 0. The van der Waals surface area contributed by atoms with Crippen LogP contribution in [0, 0.1) is 0 Å². The molecule has 0 N–H and O–H groups in total. The first-order valence-electron chi connectivity index (χ1n) is 4.68. The van der Waals surface area contributed by atoms with E-state index in [1.165, 1.54) is 11.0 Å². The number of rotatable bonds is 3. The van der Waals surface area contributed by atoms with E-state index < -0.39 is 0 Å². The third-order valence-electron chi connectivity index (χ3n) is 2.33. The normalized spacial score (nSPS) is 16.1. The monoisotopic (exact) mass is 205 g/mol. The minimum absolute atomic E-state index is 0.194. The van der Waals surface area contributed by atoms with Crippen LogP contribution in [-0.2, 0) is 16.1 Å². The lowest BCUT2D eigenvalue weighted by Gasteiger charge is -2.14. The Balaban J connectivity index is 1.97. The number of nitrogens with zero attached hydrogens (tertiary/aromatic N) is 3. The zero-order valence-electron chi connectivity index (χ0n) is 8.38. The van der Waals surface area contributed by atoms with Crippen LogP contribution in [0.2, 0.25) is 0 Å². The molecule has 5 nitrogen and oxygen atoms in total. The highest BCUT2D eigenvalue weighted by molar-refractivity contribution is 6.15. The van der Waals surface area contributed by atoms with Gasteiger partial charge in [0, 0.05) is 37.1 Å². The molecular weight excluding hydrogens is 194 g/mol. The fourth-order valence-corrected chi connectivity index (χ4v) is 1.48. The van der Waals surface area contributed by atoms with Crippen molar-refractivity contribution in [2.75, 3.05) is 6.54 Å². The van der Waals surface area contributed by atoms with Crippen LogP contribution < -0.4 is 0 Å². The Bertz CT molecular complexity index is 420. The summed E-state index contributed by atoms with van der Waals surface area (Å²) < 4.78 is 1.83. The van der Waals surface area contributed by atoms with Gasteiger partial charge in [0.15, 0.2) is 0 Å². The molecule has 5 heteroatoms. The summed E-state index contributed by atoms with van der Waals surface area (Å²) in [6, 6.07) is 0. The smallest absolute Gasteiger partial charge is 0.256 e. The maximum Gasteiger partial charge on any atom is 0.256 e. The molecule has 0 aromatic carbocycles. The molecule has 78 valence electrons. The Morgan fingerprint density at radius 1 is 1.33 bits per heavy atom. The van der Waals surface area contributed by atoms with Gasteiger partial charge in [-0.3, -0.25) is 14.5 Å². The highest BCUT2D eigenvalue weighted by Crippen LogP contribution is 2.11. The Kier molecular flexibility index (Phi) is 2.37. The molecule has 2 amide bonds. The zero-order chi connectivity index (χ0) is 10.8. The number of imidazole rings is 1. The van der Waals surface area contributed by atoms with Crippen molar-refractivity contribution in [2.24, 2.45) is 0 Å². The van der Waals surface area contributed by atoms with E-state index in [1.807, 2.05) is 4.57 Å². The average Bonchev–Trinajstić information content (AvgIpc) is 2.76. The Morgan fingerprint density at radius 2 is 2.13 bits per heavy atom. The second-order valence-electron chi connectivity index (χ2n) is 3.42. The average molecular weight is 205 g/mol. The van der Waals surface area contributed by atoms with Gasteiger partial charge in [-0.25, -0.2) is 4.98 Å². The molecule has 0 radical (unpaired) electrons. The molecule has 15 heavy (non-hydrogen) atoms. The molecule has 1 aliphatic heterocycles. The number of imide groups is 1. The van der Waals surface area contributed by atoms with Crippen LogP contribution in [0.15, 0.2) is 30.4 Å². The van der Waals surface area contributed by atoms with Gasteiger partial charge in [-0.1, -0.05) is 0 Å². The lowest BCUT2D eigenvalue weighted by Crippen LogP contribution is -2.33. The summed E-state index contributed by atoms with van der Waals surface area (Å²) in [5.74, 6) is -0.419. The molecule has 2 heterocycles. The SMILES string of the molecule is CC1=CC(=O)N(CCn2ccnc2)C1=O. The third kappa shape index (κ3) is 1.81. The highest BCUT2D eigenvalue weighted by atomic mass is 16.2. The van der Waals surface area contributed by atoms with Crippen molar-refractivity contribution in [3.63, 3.8) is 0 Å². The Morgan fingerprint density at radius 3 is 2.67 bits per heavy atom. The van der Waals surface area contributed by atoms with Gasteiger partial charge < -0.3 is 4.57 Å². The summed E-state index contributed by atoms with van der Waals surface area (Å²) in [5.41, 5.74) is 0.505. The van der Waals surface area contributed by atoms with Crippen LogP contribution in [0.1, 0.15) is 6.92 Å². The highest BCUT2D eigenvalue weighted by Gasteiger charge is 2.27. The molecule has 0 spiro atoms. The lowest BCUT2D eigenvalue weighted by molar-refractivity contribution is -0.137. The van der Waals surface area contributed by atoms with Crippen molar-refractivity contribution in [1.29, 1.82) is 0 Å². The fourth-order valence-electron chi connectivity index (χ4n) is 1.48. The maximum absolute atomic E-state index is 11.5. The summed E-state index contributed by atoms with van der Waals surface area (Å²) in [4.78, 5) is 28.0. The van der Waals surface area contributed by atoms with E-state index in [2.05, 4.69) is 4.98 Å². The Hall–Kier alpha value is -1.91. The van der Waals surface area contributed by atoms with Gasteiger partial charge in [-0.05, 0) is 6.92 Å². The molecular formula is C10H11N3O2. The van der Waals surface area contributed by atoms with Crippen LogP contribution in [-0.4, -0.2) is 32.8 Å². The van der Waals surface area contributed by atoms with Crippen molar-refractivity contribution in [1.82, 2.24) is 14.5 Å². The van der Waals surface area contributed by atoms with E-state index in [0.29, 0.717) is 18.7 Å². The second-order valence-corrected chi connectivity index (χ2v) is 3.42. The first-order chi connectivity index (χ1) is 7.18. The fraction of sp³-hybridized carbons (Fsp3) is 0.300. The van der Waals surface area contributed by atoms with Crippen molar-refractivity contribution in [2.45, 2.75) is 13.5 Å². The maximum atomic E-state index is 11.5. The van der Waals surface area contributed by atoms with E-state index in [0.717, 1.165) is 0 Å². The van der Waals surface area contributed by atoms with Crippen molar-refractivity contribution in [3.05, 3.63) is 30.4 Å². The minimum atomic E-state index is -0.224. The predicted octanol–water partition coefficient (Wildman–Crippen LogP) is 0.198. The molecule has 0 aliphatic carbocycles. The zero-order valence-corrected chi connectivity index (χ0v) is 8.38. The largest absolute Gasteiger partial charge is 0.336 e. The van der Waals surface area contributed by atoms with Gasteiger partial charge in [0.05, 0.1) is 6.33 Å². The quantitative estimate of drug-likeness (QED) is 0.662. The number of amides is 2. The van der Waals surface area contributed by atoms with E-state index >= 15 is 0 Å². The van der Waals surface area contributed by atoms with Crippen LogP contribution in [0.5, 0.6) is 0 Å². The van der Waals surface area contributed by atoms with Crippen LogP contribution in [0.25, 0.3) is 0 Å². The van der Waals surface area contributed by atoms with Crippen molar-refractivity contribution < 1.29 is 9.59 Å². The number of aromatic nitrogens is 2. The van der Waals surface area contributed by atoms with Gasteiger partial charge in [0.2, 0.25) is 0 Å². The molecule has 0 saturated heterocycles. The van der Waals surface area contributed by atoms with Gasteiger partial charge >= 0.3 is 0 Å². The second kappa shape index (κ2) is 3.68. The molecule has 0 unspecified atom stereocenters.